The van der Waals surface area contributed by atoms with Crippen LogP contribution in [0.2, 0.25) is 0 Å². The molecule has 0 aliphatic rings. The summed E-state index contributed by atoms with van der Waals surface area (Å²) in [6.07, 6.45) is 8.01. The molecule has 0 saturated carbocycles. The fraction of sp³-hybridized carbons (Fsp3) is 0.105. The first-order chi connectivity index (χ1) is 11.6. The Morgan fingerprint density at radius 3 is 2.75 bits per heavy atom. The van der Waals surface area contributed by atoms with E-state index in [-0.39, 0.29) is 6.61 Å². The van der Waals surface area contributed by atoms with Gasteiger partial charge in [0.2, 0.25) is 0 Å². The molecule has 2 aromatic rings. The first-order valence-corrected chi connectivity index (χ1v) is 8.62. The van der Waals surface area contributed by atoms with E-state index in [2.05, 4.69) is 37.8 Å². The van der Waals surface area contributed by atoms with Crippen molar-refractivity contribution in [2.45, 2.75) is 6.61 Å². The largest absolute Gasteiger partial charge is 0.488 e. The fourth-order valence-corrected chi connectivity index (χ4v) is 2.81. The number of carbonyl (C=O) groups is 1. The zero-order valence-electron chi connectivity index (χ0n) is 12.7. The smallest absolute Gasteiger partial charge is 0.331 e. The van der Waals surface area contributed by atoms with Crippen molar-refractivity contribution in [1.29, 1.82) is 0 Å². The van der Waals surface area contributed by atoms with Crippen molar-refractivity contribution >= 4 is 43.9 Å². The Kier molecular flexibility index (Phi) is 7.10. The van der Waals surface area contributed by atoms with E-state index in [1.807, 2.05) is 42.5 Å². The molecular weight excluding hydrogens is 436 g/mol. The molecule has 0 heterocycles. The molecule has 0 aromatic heterocycles. The van der Waals surface area contributed by atoms with Crippen LogP contribution in [0.1, 0.15) is 11.1 Å². The van der Waals surface area contributed by atoms with Gasteiger partial charge in [0.15, 0.2) is 6.61 Å². The van der Waals surface area contributed by atoms with Crippen LogP contribution >= 0.6 is 31.9 Å². The van der Waals surface area contributed by atoms with Gasteiger partial charge in [-0.1, -0.05) is 40.0 Å². The standard InChI is InChI=1S/C19H14Br2O3/c1-2-10-23-19(22)9-7-14-6-8-18(17(21)12-14)24-13-15-4-3-5-16(20)11-15/h1,3-9,11-12H,10,13H2/b9-7+. The number of benzene rings is 2. The van der Waals surface area contributed by atoms with Crippen LogP contribution in [0.15, 0.2) is 57.5 Å². The molecule has 0 radical (unpaired) electrons. The normalized spacial score (nSPS) is 10.4. The minimum Gasteiger partial charge on any atom is -0.488 e. The quantitative estimate of drug-likeness (QED) is 0.354. The number of carbonyl (C=O) groups excluding carboxylic acids is 1. The predicted octanol–water partition coefficient (Wildman–Crippen LogP) is 4.98. The lowest BCUT2D eigenvalue weighted by Crippen LogP contribution is -1.99. The Bertz CT molecular complexity index is 791. The third kappa shape index (κ3) is 5.88. The topological polar surface area (TPSA) is 35.5 Å². The van der Waals surface area contributed by atoms with Gasteiger partial charge >= 0.3 is 5.97 Å². The lowest BCUT2D eigenvalue weighted by molar-refractivity contribution is -0.136. The molecule has 5 heteroatoms. The lowest BCUT2D eigenvalue weighted by atomic mass is 10.2. The molecule has 0 aliphatic heterocycles. The van der Waals surface area contributed by atoms with Crippen molar-refractivity contribution in [3.63, 3.8) is 0 Å². The minimum absolute atomic E-state index is 0.0325. The number of hydrogen-bond acceptors (Lipinski definition) is 3. The number of rotatable bonds is 6. The number of esters is 1. The van der Waals surface area contributed by atoms with Crippen LogP contribution in [0.5, 0.6) is 5.75 Å². The second-order valence-corrected chi connectivity index (χ2v) is 6.52. The summed E-state index contributed by atoms with van der Waals surface area (Å²) in [6.45, 7) is 0.431. The van der Waals surface area contributed by atoms with Crippen molar-refractivity contribution < 1.29 is 14.3 Å². The zero-order valence-corrected chi connectivity index (χ0v) is 15.8. The third-order valence-electron chi connectivity index (χ3n) is 2.95. The Labute approximate surface area is 157 Å². The summed E-state index contributed by atoms with van der Waals surface area (Å²) in [4.78, 5) is 11.4. The van der Waals surface area contributed by atoms with Crippen molar-refractivity contribution in [3.05, 3.63) is 68.6 Å². The van der Waals surface area contributed by atoms with Crippen LogP contribution in [0.3, 0.4) is 0 Å². The molecule has 3 nitrogen and oxygen atoms in total. The van der Waals surface area contributed by atoms with Gasteiger partial charge in [-0.3, -0.25) is 0 Å². The van der Waals surface area contributed by atoms with E-state index >= 15 is 0 Å². The van der Waals surface area contributed by atoms with E-state index in [1.165, 1.54) is 6.08 Å². The zero-order chi connectivity index (χ0) is 17.4. The van der Waals surface area contributed by atoms with E-state index in [0.717, 1.165) is 25.8 Å². The number of hydrogen-bond donors (Lipinski definition) is 0. The highest BCUT2D eigenvalue weighted by atomic mass is 79.9. The predicted molar refractivity (Wildman–Crippen MR) is 101 cm³/mol. The van der Waals surface area contributed by atoms with Gasteiger partial charge in [0.25, 0.3) is 0 Å². The van der Waals surface area contributed by atoms with Gasteiger partial charge in [-0.25, -0.2) is 4.79 Å². The highest BCUT2D eigenvalue weighted by molar-refractivity contribution is 9.10. The van der Waals surface area contributed by atoms with E-state index in [9.17, 15) is 4.79 Å². The van der Waals surface area contributed by atoms with Crippen molar-refractivity contribution in [2.75, 3.05) is 6.61 Å². The molecule has 0 bridgehead atoms. The molecule has 0 saturated heterocycles. The Morgan fingerprint density at radius 1 is 1.21 bits per heavy atom. The monoisotopic (exact) mass is 448 g/mol. The van der Waals surface area contributed by atoms with Crippen LogP contribution in [-0.2, 0) is 16.1 Å². The number of halogens is 2. The Morgan fingerprint density at radius 2 is 2.04 bits per heavy atom. The molecule has 122 valence electrons. The van der Waals surface area contributed by atoms with Crippen molar-refractivity contribution in [3.8, 4) is 18.1 Å². The summed E-state index contributed by atoms with van der Waals surface area (Å²) in [5.74, 6) is 2.49. The number of terminal acetylenes is 1. The van der Waals surface area contributed by atoms with Gasteiger partial charge in [0.05, 0.1) is 4.47 Å². The maximum atomic E-state index is 11.4. The molecule has 0 fully saturated rings. The van der Waals surface area contributed by atoms with E-state index in [0.29, 0.717) is 6.61 Å². The average molecular weight is 450 g/mol. The SMILES string of the molecule is C#CCOC(=O)/C=C/c1ccc(OCc2cccc(Br)c2)c(Br)c1. The first-order valence-electron chi connectivity index (χ1n) is 7.03. The van der Waals surface area contributed by atoms with Crippen LogP contribution in [0.25, 0.3) is 6.08 Å². The summed E-state index contributed by atoms with van der Waals surface area (Å²) in [5.41, 5.74) is 1.91. The van der Waals surface area contributed by atoms with Gasteiger partial charge < -0.3 is 9.47 Å². The van der Waals surface area contributed by atoms with E-state index in [4.69, 9.17) is 15.9 Å². The molecule has 0 atom stereocenters. The maximum Gasteiger partial charge on any atom is 0.331 e. The van der Waals surface area contributed by atoms with Gasteiger partial charge in [0.1, 0.15) is 12.4 Å². The number of ether oxygens (including phenoxy) is 2. The summed E-state index contributed by atoms with van der Waals surface area (Å²) < 4.78 is 12.4. The summed E-state index contributed by atoms with van der Waals surface area (Å²) in [7, 11) is 0. The van der Waals surface area contributed by atoms with Crippen LogP contribution in [-0.4, -0.2) is 12.6 Å². The molecule has 2 rings (SSSR count). The third-order valence-corrected chi connectivity index (χ3v) is 4.06. The summed E-state index contributed by atoms with van der Waals surface area (Å²) in [6, 6.07) is 13.5. The second-order valence-electron chi connectivity index (χ2n) is 4.75. The average Bonchev–Trinajstić information content (AvgIpc) is 2.57. The molecule has 0 amide bonds. The van der Waals surface area contributed by atoms with Gasteiger partial charge in [-0.2, -0.15) is 0 Å². The lowest BCUT2D eigenvalue weighted by Gasteiger charge is -2.09. The van der Waals surface area contributed by atoms with Crippen molar-refractivity contribution in [2.24, 2.45) is 0 Å². The highest BCUT2D eigenvalue weighted by Gasteiger charge is 2.03. The van der Waals surface area contributed by atoms with Gasteiger partial charge in [-0.05, 0) is 57.4 Å². The maximum absolute atomic E-state index is 11.4. The second kappa shape index (κ2) is 9.31. The first kappa shape index (κ1) is 18.3. The minimum atomic E-state index is -0.473. The molecule has 0 N–H and O–H groups in total. The Balaban J connectivity index is 1.98. The molecule has 24 heavy (non-hydrogen) atoms. The highest BCUT2D eigenvalue weighted by Crippen LogP contribution is 2.27. The van der Waals surface area contributed by atoms with Crippen molar-refractivity contribution in [1.82, 2.24) is 0 Å². The molecular formula is C19H14Br2O3. The Hall–Kier alpha value is -2.03. The van der Waals surface area contributed by atoms with Crippen LogP contribution in [0, 0.1) is 12.3 Å². The summed E-state index contributed by atoms with van der Waals surface area (Å²) in [5, 5.41) is 0. The van der Waals surface area contributed by atoms with Gasteiger partial charge in [-0.15, -0.1) is 6.42 Å². The van der Waals surface area contributed by atoms with Crippen LogP contribution in [0.4, 0.5) is 0 Å². The fourth-order valence-electron chi connectivity index (χ4n) is 1.85. The van der Waals surface area contributed by atoms with Gasteiger partial charge in [0, 0.05) is 10.5 Å². The molecule has 0 aliphatic carbocycles. The van der Waals surface area contributed by atoms with E-state index < -0.39 is 5.97 Å². The molecule has 2 aromatic carbocycles. The molecule has 0 spiro atoms. The van der Waals surface area contributed by atoms with E-state index in [1.54, 1.807) is 6.08 Å². The molecule has 0 unspecified atom stereocenters. The van der Waals surface area contributed by atoms with Crippen LogP contribution < -0.4 is 4.74 Å². The summed E-state index contributed by atoms with van der Waals surface area (Å²) >= 11 is 6.91.